The standard InChI is InChI=1S/C19H28/c1-17-13-15-19(16-14-17)18-11-9-7-5-3-2-4-6-8-10-12-18/h11,13-16H,2-10,12H2,1H3/b18-11+. The highest BCUT2D eigenvalue weighted by Gasteiger charge is 2.03. The Kier molecular flexibility index (Phi) is 6.20. The summed E-state index contributed by atoms with van der Waals surface area (Å²) in [4.78, 5) is 0. The van der Waals surface area contributed by atoms with Gasteiger partial charge in [-0.05, 0) is 43.7 Å². The Bertz CT molecular complexity index is 383. The highest BCUT2D eigenvalue weighted by Crippen LogP contribution is 2.24. The lowest BCUT2D eigenvalue weighted by atomic mass is 9.95. The molecule has 0 heteroatoms. The molecule has 1 aromatic carbocycles. The van der Waals surface area contributed by atoms with E-state index in [1.165, 1.54) is 75.3 Å². The van der Waals surface area contributed by atoms with Crippen LogP contribution in [-0.2, 0) is 0 Å². The fourth-order valence-corrected chi connectivity index (χ4v) is 2.93. The van der Waals surface area contributed by atoms with Crippen molar-refractivity contribution >= 4 is 5.57 Å². The zero-order valence-electron chi connectivity index (χ0n) is 12.5. The molecule has 0 N–H and O–H groups in total. The molecule has 1 aromatic rings. The second kappa shape index (κ2) is 8.19. The first-order chi connectivity index (χ1) is 9.36. The van der Waals surface area contributed by atoms with E-state index in [0.717, 1.165) is 0 Å². The zero-order chi connectivity index (χ0) is 13.3. The van der Waals surface area contributed by atoms with Crippen molar-refractivity contribution in [3.63, 3.8) is 0 Å². The van der Waals surface area contributed by atoms with Crippen molar-refractivity contribution in [2.24, 2.45) is 0 Å². The van der Waals surface area contributed by atoms with Gasteiger partial charge in [0.05, 0.1) is 0 Å². The van der Waals surface area contributed by atoms with E-state index < -0.39 is 0 Å². The first-order valence-electron chi connectivity index (χ1n) is 8.12. The average Bonchev–Trinajstić information content (AvgIpc) is 2.41. The summed E-state index contributed by atoms with van der Waals surface area (Å²) in [5, 5.41) is 0. The molecule has 0 aromatic heterocycles. The molecule has 0 unspecified atom stereocenters. The first kappa shape index (κ1) is 14.4. The minimum Gasteiger partial charge on any atom is -0.0807 e. The maximum Gasteiger partial charge on any atom is -0.0228 e. The van der Waals surface area contributed by atoms with Crippen LogP contribution in [0.15, 0.2) is 30.3 Å². The number of rotatable bonds is 1. The molecule has 0 amide bonds. The van der Waals surface area contributed by atoms with Crippen molar-refractivity contribution in [3.05, 3.63) is 41.5 Å². The van der Waals surface area contributed by atoms with E-state index in [0.29, 0.717) is 0 Å². The van der Waals surface area contributed by atoms with Gasteiger partial charge in [-0.15, -0.1) is 0 Å². The van der Waals surface area contributed by atoms with E-state index in [1.807, 2.05) is 0 Å². The van der Waals surface area contributed by atoms with Crippen LogP contribution in [0.25, 0.3) is 5.57 Å². The normalized spacial score (nSPS) is 21.8. The molecule has 2 rings (SSSR count). The molecule has 0 nitrogen and oxygen atoms in total. The third-order valence-corrected chi connectivity index (χ3v) is 4.21. The van der Waals surface area contributed by atoms with Gasteiger partial charge in [0.15, 0.2) is 0 Å². The minimum atomic E-state index is 1.27. The Balaban J connectivity index is 2.02. The van der Waals surface area contributed by atoms with Crippen molar-refractivity contribution in [2.45, 2.75) is 71.1 Å². The summed E-state index contributed by atoms with van der Waals surface area (Å²) in [6.45, 7) is 2.17. The molecule has 19 heavy (non-hydrogen) atoms. The van der Waals surface area contributed by atoms with Gasteiger partial charge in [0, 0.05) is 0 Å². The quantitative estimate of drug-likeness (QED) is 0.553. The fourth-order valence-electron chi connectivity index (χ4n) is 2.93. The van der Waals surface area contributed by atoms with Crippen LogP contribution in [0, 0.1) is 6.92 Å². The van der Waals surface area contributed by atoms with Crippen LogP contribution in [0.5, 0.6) is 0 Å². The van der Waals surface area contributed by atoms with Crippen LogP contribution in [0.4, 0.5) is 0 Å². The number of hydrogen-bond acceptors (Lipinski definition) is 0. The fraction of sp³-hybridized carbons (Fsp3) is 0.579. The van der Waals surface area contributed by atoms with E-state index >= 15 is 0 Å². The summed E-state index contributed by atoms with van der Waals surface area (Å²) in [6.07, 6.45) is 16.4. The Morgan fingerprint density at radius 2 is 1.26 bits per heavy atom. The van der Waals surface area contributed by atoms with E-state index in [2.05, 4.69) is 37.3 Å². The Labute approximate surface area is 118 Å². The van der Waals surface area contributed by atoms with Gasteiger partial charge >= 0.3 is 0 Å². The summed E-state index contributed by atoms with van der Waals surface area (Å²) < 4.78 is 0. The van der Waals surface area contributed by atoms with Gasteiger partial charge in [-0.25, -0.2) is 0 Å². The molecular formula is C19H28. The monoisotopic (exact) mass is 256 g/mol. The molecule has 104 valence electrons. The molecule has 0 heterocycles. The van der Waals surface area contributed by atoms with E-state index in [-0.39, 0.29) is 0 Å². The van der Waals surface area contributed by atoms with Crippen LogP contribution >= 0.6 is 0 Å². The molecule has 0 spiro atoms. The SMILES string of the molecule is Cc1ccc(/C2=C/CCCCCCCCCC2)cc1. The smallest absolute Gasteiger partial charge is 0.0228 e. The Morgan fingerprint density at radius 3 is 1.95 bits per heavy atom. The van der Waals surface area contributed by atoms with Crippen molar-refractivity contribution in [1.29, 1.82) is 0 Å². The zero-order valence-corrected chi connectivity index (χ0v) is 12.5. The lowest BCUT2D eigenvalue weighted by Gasteiger charge is -2.10. The van der Waals surface area contributed by atoms with Crippen molar-refractivity contribution < 1.29 is 0 Å². The first-order valence-corrected chi connectivity index (χ1v) is 8.12. The summed E-state index contributed by atoms with van der Waals surface area (Å²) in [5.41, 5.74) is 4.39. The average molecular weight is 256 g/mol. The number of hydrogen-bond donors (Lipinski definition) is 0. The maximum absolute atomic E-state index is 2.51. The van der Waals surface area contributed by atoms with Gasteiger partial charge in [-0.1, -0.05) is 74.4 Å². The second-order valence-electron chi connectivity index (χ2n) is 5.96. The predicted molar refractivity (Wildman–Crippen MR) is 85.3 cm³/mol. The van der Waals surface area contributed by atoms with Crippen LogP contribution < -0.4 is 0 Å². The number of aryl methyl sites for hydroxylation is 1. The third-order valence-electron chi connectivity index (χ3n) is 4.21. The van der Waals surface area contributed by atoms with E-state index in [9.17, 15) is 0 Å². The Hall–Kier alpha value is -1.04. The molecule has 0 atom stereocenters. The number of allylic oxidation sites excluding steroid dienone is 2. The summed E-state index contributed by atoms with van der Waals surface area (Å²) >= 11 is 0. The molecule has 0 bridgehead atoms. The van der Waals surface area contributed by atoms with E-state index in [1.54, 1.807) is 5.57 Å². The van der Waals surface area contributed by atoms with Crippen molar-refractivity contribution in [2.75, 3.05) is 0 Å². The van der Waals surface area contributed by atoms with Crippen LogP contribution in [0.2, 0.25) is 0 Å². The molecule has 0 fully saturated rings. The molecule has 1 aliphatic carbocycles. The molecule has 0 saturated carbocycles. The van der Waals surface area contributed by atoms with Gasteiger partial charge in [-0.2, -0.15) is 0 Å². The molecule has 0 saturated heterocycles. The van der Waals surface area contributed by atoms with Gasteiger partial charge in [0.1, 0.15) is 0 Å². The lowest BCUT2D eigenvalue weighted by molar-refractivity contribution is 0.568. The van der Waals surface area contributed by atoms with Crippen LogP contribution in [-0.4, -0.2) is 0 Å². The van der Waals surface area contributed by atoms with Crippen molar-refractivity contribution in [3.8, 4) is 0 Å². The highest BCUT2D eigenvalue weighted by molar-refractivity contribution is 5.65. The molecule has 0 aliphatic heterocycles. The summed E-state index contributed by atoms with van der Waals surface area (Å²) in [7, 11) is 0. The van der Waals surface area contributed by atoms with Crippen LogP contribution in [0.3, 0.4) is 0 Å². The van der Waals surface area contributed by atoms with Gasteiger partial charge < -0.3 is 0 Å². The largest absolute Gasteiger partial charge is 0.0807 e. The maximum atomic E-state index is 2.51. The third kappa shape index (κ3) is 5.22. The molecule has 1 aliphatic rings. The summed E-state index contributed by atoms with van der Waals surface area (Å²) in [6, 6.07) is 9.08. The predicted octanol–water partition coefficient (Wildman–Crippen LogP) is 6.29. The number of benzene rings is 1. The minimum absolute atomic E-state index is 1.27. The molecule has 0 radical (unpaired) electrons. The van der Waals surface area contributed by atoms with Gasteiger partial charge in [-0.3, -0.25) is 0 Å². The summed E-state index contributed by atoms with van der Waals surface area (Å²) in [5.74, 6) is 0. The highest BCUT2D eigenvalue weighted by atomic mass is 14.1. The lowest BCUT2D eigenvalue weighted by Crippen LogP contribution is -1.89. The Morgan fingerprint density at radius 1 is 0.684 bits per heavy atom. The van der Waals surface area contributed by atoms with Crippen LogP contribution in [0.1, 0.15) is 75.3 Å². The van der Waals surface area contributed by atoms with Gasteiger partial charge in [0.2, 0.25) is 0 Å². The molecular weight excluding hydrogens is 228 g/mol. The van der Waals surface area contributed by atoms with Gasteiger partial charge in [0.25, 0.3) is 0 Å². The second-order valence-corrected chi connectivity index (χ2v) is 5.96. The van der Waals surface area contributed by atoms with E-state index in [4.69, 9.17) is 0 Å². The topological polar surface area (TPSA) is 0 Å². The van der Waals surface area contributed by atoms with Crippen molar-refractivity contribution in [1.82, 2.24) is 0 Å².